The predicted octanol–water partition coefficient (Wildman–Crippen LogP) is 7.41. The van der Waals surface area contributed by atoms with Crippen LogP contribution in [-0.2, 0) is 9.59 Å². The van der Waals surface area contributed by atoms with Crippen molar-refractivity contribution in [1.82, 2.24) is 10.2 Å². The molecule has 1 amide bonds. The lowest BCUT2D eigenvalue weighted by Crippen LogP contribution is -2.39. The quantitative estimate of drug-likeness (QED) is 0.137. The summed E-state index contributed by atoms with van der Waals surface area (Å²) in [5, 5.41) is 36.7. The van der Waals surface area contributed by atoms with E-state index in [2.05, 4.69) is 95.3 Å². The van der Waals surface area contributed by atoms with Crippen LogP contribution in [0.1, 0.15) is 136 Å². The standard InChI is InChI=1S/C9H18N2O3.C9H19NO.C9H18O.3C4H10.CH4O/c1-7(2)5-8(12)11(4-3-10)6-9(13)14;1-7(2)9-3-8(6-11)4-10-5-9;1-7(2)9-4-3-8(5-9)6-10;3*1-4(2)3;1-2/h7H,3-6,10H2,1-2H3,(H,13,14);7-11H,3-6H2,1-2H3;7-10H,3-6H2,1-2H3;3*4H,1-3H3;2H,1H3. The largest absolute Gasteiger partial charge is 0.480 e. The number of carbonyl (C=O) groups excluding carboxylic acids is 1. The zero-order chi connectivity index (χ0) is 39.7. The van der Waals surface area contributed by atoms with Crippen LogP contribution >= 0.6 is 0 Å². The molecule has 2 fully saturated rings. The number of piperidine rings is 1. The SMILES string of the molecule is CC(C)C.CC(C)C.CC(C)C.CC(C)C1CCC(CO)C1.CC(C)C1CNCC(CO)C1.CC(C)CC(=O)N(CCN)CC(=O)O.CO. The molecule has 1 aliphatic heterocycles. The number of carbonyl (C=O) groups is 2. The number of hydrogen-bond donors (Lipinski definition) is 6. The van der Waals surface area contributed by atoms with Crippen LogP contribution in [0.3, 0.4) is 0 Å². The second kappa shape index (κ2) is 38.0. The summed E-state index contributed by atoms with van der Waals surface area (Å²) in [6.45, 7) is 35.6. The van der Waals surface area contributed by atoms with Crippen molar-refractivity contribution in [3.8, 4) is 0 Å². The minimum absolute atomic E-state index is 0.146. The normalized spacial score (nSPS) is 19.5. The summed E-state index contributed by atoms with van der Waals surface area (Å²) in [5.41, 5.74) is 5.29. The maximum atomic E-state index is 11.5. The van der Waals surface area contributed by atoms with Gasteiger partial charge in [0.25, 0.3) is 0 Å². The summed E-state index contributed by atoms with van der Waals surface area (Å²) in [6, 6.07) is 0. The lowest BCUT2D eigenvalue weighted by molar-refractivity contribution is -0.144. The first-order valence-corrected chi connectivity index (χ1v) is 19.2. The Morgan fingerprint density at radius 1 is 0.694 bits per heavy atom. The second-order valence-corrected chi connectivity index (χ2v) is 16.6. The Morgan fingerprint density at radius 2 is 1.10 bits per heavy atom. The topological polar surface area (TPSA) is 156 Å². The molecule has 9 nitrogen and oxygen atoms in total. The van der Waals surface area contributed by atoms with E-state index in [1.54, 1.807) is 0 Å². The molecule has 4 atom stereocenters. The van der Waals surface area contributed by atoms with Gasteiger partial charge in [0.05, 0.1) is 0 Å². The maximum Gasteiger partial charge on any atom is 0.323 e. The molecule has 0 aromatic rings. The van der Waals surface area contributed by atoms with Crippen molar-refractivity contribution in [2.24, 2.45) is 64.9 Å². The van der Waals surface area contributed by atoms with Crippen molar-refractivity contribution in [3.05, 3.63) is 0 Å². The molecule has 0 radical (unpaired) electrons. The molecule has 0 spiro atoms. The van der Waals surface area contributed by atoms with Gasteiger partial charge in [0.2, 0.25) is 5.91 Å². The van der Waals surface area contributed by atoms with Crippen molar-refractivity contribution >= 4 is 11.9 Å². The highest BCUT2D eigenvalue weighted by molar-refractivity contribution is 5.81. The minimum atomic E-state index is -1.00. The molecule has 300 valence electrons. The molecular weight excluding hydrogens is 618 g/mol. The van der Waals surface area contributed by atoms with E-state index in [0.29, 0.717) is 38.0 Å². The van der Waals surface area contributed by atoms with E-state index in [-0.39, 0.29) is 24.9 Å². The molecule has 1 saturated heterocycles. The molecule has 0 bridgehead atoms. The van der Waals surface area contributed by atoms with E-state index in [0.717, 1.165) is 61.6 Å². The number of nitrogens with one attached hydrogen (secondary N) is 1. The monoisotopic (exact) mass is 708 g/mol. The van der Waals surface area contributed by atoms with Gasteiger partial charge in [0.15, 0.2) is 0 Å². The van der Waals surface area contributed by atoms with E-state index in [9.17, 15) is 9.59 Å². The average Bonchev–Trinajstić information content (AvgIpc) is 3.47. The van der Waals surface area contributed by atoms with Crippen LogP contribution in [0.5, 0.6) is 0 Å². The Labute approximate surface area is 305 Å². The molecule has 49 heavy (non-hydrogen) atoms. The first kappa shape index (κ1) is 57.1. The van der Waals surface area contributed by atoms with Gasteiger partial charge < -0.3 is 36.4 Å². The number of aliphatic hydroxyl groups is 3. The molecule has 7 N–H and O–H groups in total. The zero-order valence-corrected chi connectivity index (χ0v) is 35.4. The van der Waals surface area contributed by atoms with Gasteiger partial charge in [-0.2, -0.15) is 0 Å². The molecule has 2 rings (SSSR count). The summed E-state index contributed by atoms with van der Waals surface area (Å²) >= 11 is 0. The number of hydrogen-bond acceptors (Lipinski definition) is 7. The van der Waals surface area contributed by atoms with Crippen LogP contribution in [0.4, 0.5) is 0 Å². The van der Waals surface area contributed by atoms with Crippen molar-refractivity contribution in [3.63, 3.8) is 0 Å². The van der Waals surface area contributed by atoms with E-state index in [1.165, 1.54) is 30.6 Å². The fraction of sp³-hybridized carbons (Fsp3) is 0.950. The van der Waals surface area contributed by atoms with Crippen molar-refractivity contribution in [2.75, 3.05) is 53.0 Å². The lowest BCUT2D eigenvalue weighted by Gasteiger charge is -2.31. The summed E-state index contributed by atoms with van der Waals surface area (Å²) in [5.74, 6) is 5.91. The number of amides is 1. The van der Waals surface area contributed by atoms with Gasteiger partial charge >= 0.3 is 5.97 Å². The smallest absolute Gasteiger partial charge is 0.323 e. The van der Waals surface area contributed by atoms with E-state index in [4.69, 9.17) is 26.2 Å². The summed E-state index contributed by atoms with van der Waals surface area (Å²) in [6.07, 6.45) is 5.41. The van der Waals surface area contributed by atoms with Crippen molar-refractivity contribution in [2.45, 2.75) is 136 Å². The molecule has 4 unspecified atom stereocenters. The first-order chi connectivity index (χ1) is 22.6. The Morgan fingerprint density at radius 3 is 1.39 bits per heavy atom. The van der Waals surface area contributed by atoms with Crippen LogP contribution < -0.4 is 11.1 Å². The zero-order valence-electron chi connectivity index (χ0n) is 35.4. The Balaban J connectivity index is -0.000000167. The van der Waals surface area contributed by atoms with Gasteiger partial charge in [-0.1, -0.05) is 104 Å². The number of aliphatic hydroxyl groups excluding tert-OH is 3. The second-order valence-electron chi connectivity index (χ2n) is 16.6. The molecular formula is C40H89N3O6. The molecule has 1 saturated carbocycles. The predicted molar refractivity (Wildman–Crippen MR) is 212 cm³/mol. The number of aliphatic carboxylic acids is 1. The average molecular weight is 708 g/mol. The molecule has 0 aromatic heterocycles. The minimum Gasteiger partial charge on any atom is -0.480 e. The van der Waals surface area contributed by atoms with Crippen LogP contribution in [0.2, 0.25) is 0 Å². The third-order valence-electron chi connectivity index (χ3n) is 7.12. The first-order valence-electron chi connectivity index (χ1n) is 19.2. The summed E-state index contributed by atoms with van der Waals surface area (Å²) in [4.78, 5) is 23.2. The third-order valence-corrected chi connectivity index (χ3v) is 7.12. The van der Waals surface area contributed by atoms with E-state index in [1.807, 2.05) is 13.8 Å². The van der Waals surface area contributed by atoms with Gasteiger partial charge in [-0.3, -0.25) is 9.59 Å². The highest BCUT2D eigenvalue weighted by Gasteiger charge is 2.26. The number of carboxylic acids is 1. The fourth-order valence-corrected chi connectivity index (χ4v) is 4.69. The Kier molecular flexibility index (Phi) is 44.3. The highest BCUT2D eigenvalue weighted by Crippen LogP contribution is 2.35. The maximum absolute atomic E-state index is 11.5. The Hall–Kier alpha value is -1.26. The van der Waals surface area contributed by atoms with Gasteiger partial charge in [0, 0.05) is 46.4 Å². The molecule has 1 heterocycles. The van der Waals surface area contributed by atoms with Crippen molar-refractivity contribution in [1.29, 1.82) is 0 Å². The number of rotatable bonds is 10. The lowest BCUT2D eigenvalue weighted by atomic mass is 9.84. The van der Waals surface area contributed by atoms with E-state index >= 15 is 0 Å². The van der Waals surface area contributed by atoms with E-state index < -0.39 is 5.97 Å². The summed E-state index contributed by atoms with van der Waals surface area (Å²) < 4.78 is 0. The fourth-order valence-electron chi connectivity index (χ4n) is 4.69. The summed E-state index contributed by atoms with van der Waals surface area (Å²) in [7, 11) is 1.00. The van der Waals surface area contributed by atoms with Gasteiger partial charge in [-0.15, -0.1) is 0 Å². The number of carboxylic acid groups (broad SMARTS) is 1. The highest BCUT2D eigenvalue weighted by atomic mass is 16.4. The molecule has 1 aliphatic carbocycles. The van der Waals surface area contributed by atoms with Gasteiger partial charge in [-0.05, 0) is 91.4 Å². The van der Waals surface area contributed by atoms with Gasteiger partial charge in [-0.25, -0.2) is 0 Å². The van der Waals surface area contributed by atoms with Gasteiger partial charge in [0.1, 0.15) is 6.54 Å². The molecule has 0 aromatic carbocycles. The Bertz CT molecular complexity index is 679. The van der Waals surface area contributed by atoms with Crippen LogP contribution in [0, 0.1) is 59.2 Å². The van der Waals surface area contributed by atoms with Crippen LogP contribution in [0.15, 0.2) is 0 Å². The van der Waals surface area contributed by atoms with Crippen molar-refractivity contribution < 1.29 is 30.0 Å². The molecule has 2 aliphatic rings. The van der Waals surface area contributed by atoms with Crippen LogP contribution in [-0.4, -0.2) is 90.2 Å². The number of nitrogens with two attached hydrogens (primary N) is 1. The number of nitrogens with zero attached hydrogens (tertiary/aromatic N) is 1. The van der Waals surface area contributed by atoms with Crippen LogP contribution in [0.25, 0.3) is 0 Å². The third kappa shape index (κ3) is 46.7. The molecule has 9 heteroatoms.